The van der Waals surface area contributed by atoms with Gasteiger partial charge in [0.2, 0.25) is 17.7 Å². The minimum Gasteiger partial charge on any atom is -0.384 e. The number of amidine groups is 1. The number of amides is 3. The summed E-state index contributed by atoms with van der Waals surface area (Å²) in [5, 5.41) is 13.3. The van der Waals surface area contributed by atoms with Crippen LogP contribution in [0.2, 0.25) is 0 Å². The average Bonchev–Trinajstić information content (AvgIpc) is 2.96. The van der Waals surface area contributed by atoms with Gasteiger partial charge in [-0.1, -0.05) is 55.7 Å². The highest BCUT2D eigenvalue weighted by molar-refractivity contribution is 5.95. The van der Waals surface area contributed by atoms with E-state index in [-0.39, 0.29) is 37.1 Å². The second-order valence-electron chi connectivity index (χ2n) is 10.7. The fraction of sp³-hybridized carbons (Fsp3) is 0.433. The lowest BCUT2D eigenvalue weighted by Crippen LogP contribution is -2.56. The van der Waals surface area contributed by atoms with Gasteiger partial charge in [-0.2, -0.15) is 0 Å². The highest BCUT2D eigenvalue weighted by Gasteiger charge is 2.35. The lowest BCUT2D eigenvalue weighted by atomic mass is 9.82. The van der Waals surface area contributed by atoms with Crippen molar-refractivity contribution < 1.29 is 18.8 Å². The van der Waals surface area contributed by atoms with Crippen molar-refractivity contribution in [2.24, 2.45) is 33.8 Å². The minimum atomic E-state index is -0.964. The molecular weight excluding hydrogens is 539 g/mol. The first-order valence-electron chi connectivity index (χ1n) is 14.2. The van der Waals surface area contributed by atoms with E-state index in [1.54, 1.807) is 30.3 Å². The smallest absolute Gasteiger partial charge is 0.243 e. The number of carbonyl (C=O) groups excluding carboxylic acids is 3. The molecule has 0 bridgehead atoms. The van der Waals surface area contributed by atoms with Crippen LogP contribution in [0.3, 0.4) is 0 Å². The number of halogens is 1. The zero-order chi connectivity index (χ0) is 30.6. The highest BCUT2D eigenvalue weighted by atomic mass is 19.1. The molecule has 11 nitrogen and oxygen atoms in total. The summed E-state index contributed by atoms with van der Waals surface area (Å²) in [4.78, 5) is 43.6. The normalized spacial score (nSPS) is 15.5. The van der Waals surface area contributed by atoms with Gasteiger partial charge in [0.25, 0.3) is 0 Å². The Bertz CT molecular complexity index is 1270. The summed E-state index contributed by atoms with van der Waals surface area (Å²) in [6.07, 6.45) is 5.21. The van der Waals surface area contributed by atoms with Crippen molar-refractivity contribution in [1.29, 1.82) is 5.41 Å². The van der Waals surface area contributed by atoms with Crippen LogP contribution >= 0.6 is 0 Å². The maximum Gasteiger partial charge on any atom is 0.243 e. The van der Waals surface area contributed by atoms with E-state index in [0.29, 0.717) is 17.5 Å². The van der Waals surface area contributed by atoms with Crippen LogP contribution in [0.1, 0.15) is 67.6 Å². The van der Waals surface area contributed by atoms with Crippen LogP contribution in [-0.4, -0.2) is 48.1 Å². The topological polar surface area (TPSA) is 216 Å². The first-order chi connectivity index (χ1) is 20.0. The van der Waals surface area contributed by atoms with E-state index in [9.17, 15) is 18.8 Å². The van der Waals surface area contributed by atoms with Crippen LogP contribution in [-0.2, 0) is 20.8 Å². The summed E-state index contributed by atoms with van der Waals surface area (Å²) in [5.74, 6) is -3.22. The summed E-state index contributed by atoms with van der Waals surface area (Å²) in [6, 6.07) is 10.9. The molecule has 3 amide bonds. The van der Waals surface area contributed by atoms with Crippen LogP contribution in [0.4, 0.5) is 4.39 Å². The number of nitrogen functional groups attached to an aromatic ring is 1. The Labute approximate surface area is 245 Å². The number of aliphatic imine (C=N–C) groups is 1. The predicted octanol–water partition coefficient (Wildman–Crippen LogP) is 1.52. The Morgan fingerprint density at radius 3 is 2.24 bits per heavy atom. The van der Waals surface area contributed by atoms with Gasteiger partial charge in [-0.3, -0.25) is 24.8 Å². The third kappa shape index (κ3) is 9.57. The van der Waals surface area contributed by atoms with Crippen molar-refractivity contribution in [3.8, 4) is 0 Å². The zero-order valence-electron chi connectivity index (χ0n) is 23.7. The summed E-state index contributed by atoms with van der Waals surface area (Å²) in [7, 11) is 0. The molecule has 2 aromatic carbocycles. The first-order valence-corrected chi connectivity index (χ1v) is 14.2. The molecule has 1 fully saturated rings. The van der Waals surface area contributed by atoms with Gasteiger partial charge in [0, 0.05) is 12.1 Å². The lowest BCUT2D eigenvalue weighted by molar-refractivity contribution is -0.133. The van der Waals surface area contributed by atoms with Crippen LogP contribution < -0.4 is 33.6 Å². The van der Waals surface area contributed by atoms with Crippen molar-refractivity contribution in [2.75, 3.05) is 6.54 Å². The molecule has 0 saturated heterocycles. The van der Waals surface area contributed by atoms with E-state index in [4.69, 9.17) is 28.3 Å². The van der Waals surface area contributed by atoms with Crippen LogP contribution in [0.15, 0.2) is 53.5 Å². The molecule has 0 spiro atoms. The molecule has 0 aliphatic heterocycles. The molecule has 1 unspecified atom stereocenters. The Balaban J connectivity index is 1.84. The minimum absolute atomic E-state index is 0.0719. The predicted molar refractivity (Wildman–Crippen MR) is 160 cm³/mol. The Morgan fingerprint density at radius 1 is 0.952 bits per heavy atom. The van der Waals surface area contributed by atoms with E-state index in [2.05, 4.69) is 15.6 Å². The summed E-state index contributed by atoms with van der Waals surface area (Å²) in [6.45, 7) is 0.271. The second-order valence-corrected chi connectivity index (χ2v) is 10.7. The van der Waals surface area contributed by atoms with Crippen LogP contribution in [0, 0.1) is 17.1 Å². The van der Waals surface area contributed by atoms with Crippen molar-refractivity contribution in [2.45, 2.75) is 69.4 Å². The van der Waals surface area contributed by atoms with E-state index in [1.807, 2.05) is 0 Å². The third-order valence-corrected chi connectivity index (χ3v) is 7.58. The van der Waals surface area contributed by atoms with Crippen LogP contribution in [0.25, 0.3) is 0 Å². The first kappa shape index (κ1) is 32.0. The molecule has 1 aliphatic rings. The van der Waals surface area contributed by atoms with Crippen LogP contribution in [0.5, 0.6) is 0 Å². The van der Waals surface area contributed by atoms with Gasteiger partial charge in [0.15, 0.2) is 5.96 Å². The molecule has 3 rings (SSSR count). The number of carbonyl (C=O) groups is 3. The molecule has 226 valence electrons. The number of nitrogens with one attached hydrogen (secondary N) is 3. The van der Waals surface area contributed by atoms with Gasteiger partial charge in [0.05, 0.1) is 5.92 Å². The molecule has 0 radical (unpaired) electrons. The summed E-state index contributed by atoms with van der Waals surface area (Å²) < 4.78 is 14.2. The number of rotatable bonds is 14. The second kappa shape index (κ2) is 15.5. The monoisotopic (exact) mass is 580 g/mol. The highest BCUT2D eigenvalue weighted by Crippen LogP contribution is 2.29. The molecule has 0 heterocycles. The fourth-order valence-corrected chi connectivity index (χ4v) is 5.31. The molecule has 42 heavy (non-hydrogen) atoms. The number of primary amides is 1. The molecule has 1 saturated carbocycles. The number of hydrogen-bond acceptors (Lipinski definition) is 5. The quantitative estimate of drug-likeness (QED) is 0.0998. The van der Waals surface area contributed by atoms with Gasteiger partial charge in [0.1, 0.15) is 23.7 Å². The lowest BCUT2D eigenvalue weighted by Gasteiger charge is -2.32. The molecule has 3 atom stereocenters. The molecule has 1 aliphatic carbocycles. The Kier molecular flexibility index (Phi) is 11.8. The van der Waals surface area contributed by atoms with E-state index >= 15 is 0 Å². The average molecular weight is 581 g/mol. The van der Waals surface area contributed by atoms with E-state index < -0.39 is 41.5 Å². The molecule has 12 heteroatoms. The molecule has 2 aromatic rings. The standard InChI is InChI=1S/C30H41FN8O3/c31-22-9-4-8-21(17-22)23(16-18-11-13-20(14-12-18)26(32)33)28(41)39-25(19-6-2-1-3-7-19)29(42)38-24(27(34)40)10-5-15-37-30(35)36/h4,8-9,11-14,17,19,23-25H,1-3,5-7,10,15-16H2,(H3,32,33)(H2,34,40)(H,38,42)(H,39,41)(H4,35,36,37)/t23?,24-,25-/m0/s1. The van der Waals surface area contributed by atoms with Gasteiger partial charge < -0.3 is 33.6 Å². The fourth-order valence-electron chi connectivity index (χ4n) is 5.31. The number of hydrogen-bond donors (Lipinski definition) is 7. The van der Waals surface area contributed by atoms with Gasteiger partial charge >= 0.3 is 0 Å². The molecule has 11 N–H and O–H groups in total. The van der Waals surface area contributed by atoms with Crippen molar-refractivity contribution in [1.82, 2.24) is 10.6 Å². The SMILES string of the molecule is N=C(N)c1ccc(CC(C(=O)N[C@H](C(=O)N[C@@H](CCCN=C(N)N)C(N)=O)C2CCCCC2)c2cccc(F)c2)cc1. The number of nitrogens with zero attached hydrogens (tertiary/aromatic N) is 1. The van der Waals surface area contributed by atoms with Crippen molar-refractivity contribution in [3.63, 3.8) is 0 Å². The number of guanidine groups is 1. The summed E-state index contributed by atoms with van der Waals surface area (Å²) >= 11 is 0. The summed E-state index contributed by atoms with van der Waals surface area (Å²) in [5.41, 5.74) is 23.6. The van der Waals surface area contributed by atoms with E-state index in [1.165, 1.54) is 18.2 Å². The zero-order valence-corrected chi connectivity index (χ0v) is 23.7. The third-order valence-electron chi connectivity index (χ3n) is 7.58. The Morgan fingerprint density at radius 2 is 1.64 bits per heavy atom. The molecule has 0 aromatic heterocycles. The maximum atomic E-state index is 14.2. The van der Waals surface area contributed by atoms with Gasteiger partial charge in [-0.15, -0.1) is 0 Å². The van der Waals surface area contributed by atoms with E-state index in [0.717, 1.165) is 37.7 Å². The largest absolute Gasteiger partial charge is 0.384 e. The number of benzene rings is 2. The Hall–Kier alpha value is -4.48. The maximum absolute atomic E-state index is 14.2. The van der Waals surface area contributed by atoms with Crippen molar-refractivity contribution in [3.05, 3.63) is 71.0 Å². The van der Waals surface area contributed by atoms with Gasteiger partial charge in [-0.05, 0) is 61.3 Å². The molecular formula is C30H41FN8O3. The van der Waals surface area contributed by atoms with Crippen molar-refractivity contribution >= 4 is 29.5 Å². The van der Waals surface area contributed by atoms with Gasteiger partial charge in [-0.25, -0.2) is 4.39 Å². The number of nitrogens with two attached hydrogens (primary N) is 4.